The number of nitrogens with zero attached hydrogens (tertiary/aromatic N) is 1. The van der Waals surface area contributed by atoms with Crippen molar-refractivity contribution in [1.29, 1.82) is 0 Å². The second-order valence-corrected chi connectivity index (χ2v) is 7.02. The molecule has 5 nitrogen and oxygen atoms in total. The van der Waals surface area contributed by atoms with Crippen molar-refractivity contribution in [2.75, 3.05) is 13.1 Å². The molecule has 1 heterocycles. The molecule has 2 unspecified atom stereocenters. The van der Waals surface area contributed by atoms with Gasteiger partial charge in [0.2, 0.25) is 11.8 Å². The first-order valence-electron chi connectivity index (χ1n) is 8.42. The molecule has 0 aromatic heterocycles. The number of carbonyl (C=O) groups is 2. The maximum Gasteiger partial charge on any atom is 0.224 e. The lowest BCUT2D eigenvalue weighted by Crippen LogP contribution is -2.43. The van der Waals surface area contributed by atoms with Crippen LogP contribution < -0.4 is 11.1 Å². The lowest BCUT2D eigenvalue weighted by molar-refractivity contribution is -0.133. The van der Waals surface area contributed by atoms with Crippen molar-refractivity contribution in [2.24, 2.45) is 11.7 Å². The van der Waals surface area contributed by atoms with E-state index in [0.717, 1.165) is 31.5 Å². The fraction of sp³-hybridized carbons (Fsp3) is 0.556. The molecule has 0 radical (unpaired) electrons. The van der Waals surface area contributed by atoms with Gasteiger partial charge in [0.15, 0.2) is 0 Å². The molecule has 1 saturated heterocycles. The number of halogens is 2. The number of likely N-dealkylation sites (tertiary alicyclic amines) is 1. The van der Waals surface area contributed by atoms with Crippen LogP contribution in [0.5, 0.6) is 0 Å². The molecule has 1 aliphatic rings. The maximum absolute atomic E-state index is 12.6. The van der Waals surface area contributed by atoms with E-state index in [1.54, 1.807) is 12.1 Å². The summed E-state index contributed by atoms with van der Waals surface area (Å²) >= 11 is 5.92. The van der Waals surface area contributed by atoms with Gasteiger partial charge in [-0.05, 0) is 43.4 Å². The van der Waals surface area contributed by atoms with Gasteiger partial charge in [0.1, 0.15) is 0 Å². The van der Waals surface area contributed by atoms with Crippen LogP contribution in [-0.4, -0.2) is 35.8 Å². The molecule has 1 aromatic carbocycles. The average molecular weight is 388 g/mol. The quantitative estimate of drug-likeness (QED) is 0.815. The molecule has 1 fully saturated rings. The van der Waals surface area contributed by atoms with Gasteiger partial charge in [-0.15, -0.1) is 12.4 Å². The van der Waals surface area contributed by atoms with E-state index in [4.69, 9.17) is 17.3 Å². The van der Waals surface area contributed by atoms with Gasteiger partial charge in [-0.1, -0.05) is 23.7 Å². The Balaban J connectivity index is 0.00000312. The Kier molecular flexibility index (Phi) is 8.69. The Labute approximate surface area is 160 Å². The average Bonchev–Trinajstić information content (AvgIpc) is 2.54. The van der Waals surface area contributed by atoms with Crippen LogP contribution in [0.15, 0.2) is 24.3 Å². The van der Waals surface area contributed by atoms with Gasteiger partial charge in [0, 0.05) is 31.1 Å². The van der Waals surface area contributed by atoms with Crippen LogP contribution in [0.4, 0.5) is 0 Å². The molecule has 0 aliphatic carbocycles. The van der Waals surface area contributed by atoms with Gasteiger partial charge < -0.3 is 16.0 Å². The summed E-state index contributed by atoms with van der Waals surface area (Å²) < 4.78 is 0. The highest BCUT2D eigenvalue weighted by atomic mass is 35.5. The summed E-state index contributed by atoms with van der Waals surface area (Å²) in [4.78, 5) is 26.0. The predicted molar refractivity (Wildman–Crippen MR) is 103 cm³/mol. The van der Waals surface area contributed by atoms with E-state index in [0.29, 0.717) is 10.9 Å². The maximum atomic E-state index is 12.6. The summed E-state index contributed by atoms with van der Waals surface area (Å²) in [7, 11) is 0. The van der Waals surface area contributed by atoms with Crippen LogP contribution in [0.25, 0.3) is 0 Å². The van der Waals surface area contributed by atoms with Crippen molar-refractivity contribution in [3.8, 4) is 0 Å². The van der Waals surface area contributed by atoms with E-state index in [1.807, 2.05) is 24.0 Å². The molecule has 3 N–H and O–H groups in total. The van der Waals surface area contributed by atoms with E-state index >= 15 is 0 Å². The van der Waals surface area contributed by atoms with Crippen LogP contribution in [0.3, 0.4) is 0 Å². The summed E-state index contributed by atoms with van der Waals surface area (Å²) in [5.74, 6) is 0.390. The zero-order valence-corrected chi connectivity index (χ0v) is 16.3. The van der Waals surface area contributed by atoms with E-state index in [2.05, 4.69) is 5.32 Å². The Morgan fingerprint density at radius 1 is 1.28 bits per heavy atom. The largest absolute Gasteiger partial charge is 0.349 e. The molecule has 7 heteroatoms. The van der Waals surface area contributed by atoms with Gasteiger partial charge in [0.25, 0.3) is 0 Å². The zero-order chi connectivity index (χ0) is 17.7. The molecule has 0 bridgehead atoms. The minimum absolute atomic E-state index is 0. The Bertz CT molecular complexity index is 570. The molecule has 2 rings (SSSR count). The molecule has 2 atom stereocenters. The molecular weight excluding hydrogens is 361 g/mol. The molecule has 1 aliphatic heterocycles. The molecular formula is C18H27Cl2N3O2. The van der Waals surface area contributed by atoms with Crippen molar-refractivity contribution >= 4 is 35.8 Å². The SMILES string of the molecule is CC(=O)NC(CC(=O)N1CCC(C(C)N)CC1)c1ccc(Cl)cc1.Cl. The number of carbonyl (C=O) groups excluding carboxylic acids is 2. The second-order valence-electron chi connectivity index (χ2n) is 6.59. The third-order valence-corrected chi connectivity index (χ3v) is 4.92. The Morgan fingerprint density at radius 3 is 2.32 bits per heavy atom. The lowest BCUT2D eigenvalue weighted by atomic mass is 9.90. The number of amides is 2. The molecule has 25 heavy (non-hydrogen) atoms. The number of rotatable bonds is 5. The second kappa shape index (κ2) is 10.00. The van der Waals surface area contributed by atoms with Crippen LogP contribution >= 0.6 is 24.0 Å². The molecule has 0 spiro atoms. The summed E-state index contributed by atoms with van der Waals surface area (Å²) in [6, 6.07) is 7.06. The first-order chi connectivity index (χ1) is 11.4. The third-order valence-electron chi connectivity index (χ3n) is 4.66. The monoisotopic (exact) mass is 387 g/mol. The normalized spacial score (nSPS) is 17.4. The van der Waals surface area contributed by atoms with E-state index in [1.165, 1.54) is 6.92 Å². The fourth-order valence-electron chi connectivity index (χ4n) is 3.17. The minimum Gasteiger partial charge on any atom is -0.349 e. The van der Waals surface area contributed by atoms with Crippen molar-refractivity contribution in [2.45, 2.75) is 45.2 Å². The fourth-order valence-corrected chi connectivity index (χ4v) is 3.30. The van der Waals surface area contributed by atoms with Gasteiger partial charge in [-0.3, -0.25) is 9.59 Å². The third kappa shape index (κ3) is 6.49. The zero-order valence-electron chi connectivity index (χ0n) is 14.7. The van der Waals surface area contributed by atoms with E-state index < -0.39 is 0 Å². The number of piperidine rings is 1. The number of hydrogen-bond acceptors (Lipinski definition) is 3. The van der Waals surface area contributed by atoms with Gasteiger partial charge in [0.05, 0.1) is 12.5 Å². The number of hydrogen-bond donors (Lipinski definition) is 2. The molecule has 140 valence electrons. The van der Waals surface area contributed by atoms with Gasteiger partial charge in [-0.25, -0.2) is 0 Å². The predicted octanol–water partition coefficient (Wildman–Crippen LogP) is 2.91. The highest BCUT2D eigenvalue weighted by Crippen LogP contribution is 2.24. The van der Waals surface area contributed by atoms with Crippen LogP contribution in [0.1, 0.15) is 44.7 Å². The van der Waals surface area contributed by atoms with Gasteiger partial charge >= 0.3 is 0 Å². The number of benzene rings is 1. The van der Waals surface area contributed by atoms with Crippen molar-refractivity contribution in [1.82, 2.24) is 10.2 Å². The van der Waals surface area contributed by atoms with Crippen molar-refractivity contribution < 1.29 is 9.59 Å². The number of nitrogens with two attached hydrogens (primary N) is 1. The summed E-state index contributed by atoms with van der Waals surface area (Å²) in [5, 5.41) is 3.49. The summed E-state index contributed by atoms with van der Waals surface area (Å²) in [5.41, 5.74) is 6.83. The first-order valence-corrected chi connectivity index (χ1v) is 8.80. The van der Waals surface area contributed by atoms with E-state index in [9.17, 15) is 9.59 Å². The van der Waals surface area contributed by atoms with Gasteiger partial charge in [-0.2, -0.15) is 0 Å². The summed E-state index contributed by atoms with van der Waals surface area (Å²) in [6.45, 7) is 4.95. The first kappa shape index (κ1) is 21.7. The molecule has 2 amide bonds. The topological polar surface area (TPSA) is 75.4 Å². The highest BCUT2D eigenvalue weighted by molar-refractivity contribution is 6.30. The molecule has 0 saturated carbocycles. The van der Waals surface area contributed by atoms with Crippen LogP contribution in [-0.2, 0) is 9.59 Å². The number of nitrogens with one attached hydrogen (secondary N) is 1. The van der Waals surface area contributed by atoms with Crippen molar-refractivity contribution in [3.05, 3.63) is 34.9 Å². The van der Waals surface area contributed by atoms with Crippen LogP contribution in [0, 0.1) is 5.92 Å². The smallest absolute Gasteiger partial charge is 0.224 e. The highest BCUT2D eigenvalue weighted by Gasteiger charge is 2.27. The van der Waals surface area contributed by atoms with E-state index in [-0.39, 0.29) is 42.7 Å². The minimum atomic E-state index is -0.335. The molecule has 1 aromatic rings. The lowest BCUT2D eigenvalue weighted by Gasteiger charge is -2.34. The van der Waals surface area contributed by atoms with Crippen molar-refractivity contribution in [3.63, 3.8) is 0 Å². The van der Waals surface area contributed by atoms with Crippen LogP contribution in [0.2, 0.25) is 5.02 Å². The Morgan fingerprint density at radius 2 is 1.84 bits per heavy atom. The standard InChI is InChI=1S/C18H26ClN3O2.ClH/c1-12(20)14-7-9-22(10-8-14)18(24)11-17(21-13(2)23)15-3-5-16(19)6-4-15;/h3-6,12,14,17H,7-11,20H2,1-2H3,(H,21,23);1H. The summed E-state index contributed by atoms with van der Waals surface area (Å²) in [6.07, 6.45) is 2.13. The Hall–Kier alpha value is -1.30.